The molecule has 154 valence electrons. The van der Waals surface area contributed by atoms with Crippen molar-refractivity contribution in [3.05, 3.63) is 71.7 Å². The van der Waals surface area contributed by atoms with E-state index in [4.69, 9.17) is 0 Å². The Balaban J connectivity index is 1.73. The van der Waals surface area contributed by atoms with Crippen LogP contribution in [0.5, 0.6) is 0 Å². The topological polar surface area (TPSA) is 59.8 Å². The van der Waals surface area contributed by atoms with Crippen LogP contribution in [0.1, 0.15) is 61.2 Å². The summed E-state index contributed by atoms with van der Waals surface area (Å²) < 4.78 is 28.4. The van der Waals surface area contributed by atoms with Crippen LogP contribution in [0.3, 0.4) is 0 Å². The monoisotopic (exact) mass is 408 g/mol. The number of amides is 1. The second-order valence-electron chi connectivity index (χ2n) is 7.57. The van der Waals surface area contributed by atoms with Crippen molar-refractivity contribution in [1.82, 2.24) is 19.9 Å². The van der Waals surface area contributed by atoms with Gasteiger partial charge in [-0.25, -0.2) is 4.98 Å². The SMILES string of the molecule is CC(C)c1cc(C(=O)N[C@@H](C)c2nc3ccccc3n2C(F)F)c2ccccc2n1. The number of carbonyl (C=O) groups excluding carboxylic acids is 1. The molecule has 0 bridgehead atoms. The number of nitrogens with zero attached hydrogens (tertiary/aromatic N) is 3. The molecule has 1 atom stereocenters. The molecule has 0 fully saturated rings. The molecular weight excluding hydrogens is 386 g/mol. The van der Waals surface area contributed by atoms with Crippen molar-refractivity contribution < 1.29 is 13.6 Å². The minimum Gasteiger partial charge on any atom is -0.342 e. The highest BCUT2D eigenvalue weighted by Crippen LogP contribution is 2.28. The molecule has 0 spiro atoms. The van der Waals surface area contributed by atoms with E-state index in [1.807, 2.05) is 38.1 Å². The number of hydrogen-bond acceptors (Lipinski definition) is 3. The minimum absolute atomic E-state index is 0.113. The number of rotatable bonds is 5. The number of imidazole rings is 1. The molecular formula is C23H22F2N4O. The smallest absolute Gasteiger partial charge is 0.320 e. The molecule has 0 aliphatic carbocycles. The first-order valence-electron chi connectivity index (χ1n) is 9.82. The van der Waals surface area contributed by atoms with Crippen molar-refractivity contribution in [2.24, 2.45) is 0 Å². The highest BCUT2D eigenvalue weighted by Gasteiger charge is 2.24. The fraction of sp³-hybridized carbons (Fsp3) is 0.261. The van der Waals surface area contributed by atoms with Crippen LogP contribution in [0.25, 0.3) is 21.9 Å². The average Bonchev–Trinajstić information content (AvgIpc) is 3.12. The number of pyridine rings is 1. The van der Waals surface area contributed by atoms with Gasteiger partial charge in [0.2, 0.25) is 0 Å². The van der Waals surface area contributed by atoms with Gasteiger partial charge in [-0.3, -0.25) is 14.3 Å². The zero-order valence-electron chi connectivity index (χ0n) is 16.9. The van der Waals surface area contributed by atoms with Crippen LogP contribution in [0.4, 0.5) is 8.78 Å². The van der Waals surface area contributed by atoms with Crippen molar-refractivity contribution in [3.8, 4) is 0 Å². The van der Waals surface area contributed by atoms with E-state index in [9.17, 15) is 13.6 Å². The third-order valence-electron chi connectivity index (χ3n) is 5.13. The summed E-state index contributed by atoms with van der Waals surface area (Å²) in [4.78, 5) is 22.1. The minimum atomic E-state index is -2.76. The molecule has 2 aromatic heterocycles. The normalized spacial score (nSPS) is 12.8. The third-order valence-corrected chi connectivity index (χ3v) is 5.13. The molecule has 0 unspecified atom stereocenters. The summed E-state index contributed by atoms with van der Waals surface area (Å²) in [7, 11) is 0. The van der Waals surface area contributed by atoms with Crippen molar-refractivity contribution >= 4 is 27.8 Å². The standard InChI is InChI=1S/C23H22F2N4O/c1-13(2)19-12-16(15-8-4-5-9-17(15)27-19)22(30)26-14(3)21-28-18-10-6-7-11-20(18)29(21)23(24)25/h4-14,23H,1-3H3,(H,26,30)/t14-/m0/s1. The van der Waals surface area contributed by atoms with E-state index in [2.05, 4.69) is 15.3 Å². The van der Waals surface area contributed by atoms with Crippen LogP contribution in [-0.2, 0) is 0 Å². The highest BCUT2D eigenvalue weighted by atomic mass is 19.3. The number of para-hydroxylation sites is 3. The van der Waals surface area contributed by atoms with Gasteiger partial charge in [-0.2, -0.15) is 8.78 Å². The Morgan fingerprint density at radius 2 is 1.63 bits per heavy atom. The Morgan fingerprint density at radius 3 is 2.33 bits per heavy atom. The Kier molecular flexibility index (Phi) is 5.20. The van der Waals surface area contributed by atoms with E-state index in [-0.39, 0.29) is 17.6 Å². The predicted octanol–water partition coefficient (Wildman–Crippen LogP) is 5.59. The molecule has 0 aliphatic rings. The first kappa shape index (κ1) is 19.9. The number of aromatic nitrogens is 3. The van der Waals surface area contributed by atoms with E-state index >= 15 is 0 Å². The highest BCUT2D eigenvalue weighted by molar-refractivity contribution is 6.06. The van der Waals surface area contributed by atoms with Crippen LogP contribution in [0.2, 0.25) is 0 Å². The van der Waals surface area contributed by atoms with Gasteiger partial charge in [-0.1, -0.05) is 44.2 Å². The van der Waals surface area contributed by atoms with Crippen molar-refractivity contribution in [2.75, 3.05) is 0 Å². The van der Waals surface area contributed by atoms with Crippen LogP contribution in [0.15, 0.2) is 54.6 Å². The fourth-order valence-electron chi connectivity index (χ4n) is 3.59. The van der Waals surface area contributed by atoms with E-state index in [0.29, 0.717) is 22.0 Å². The second-order valence-corrected chi connectivity index (χ2v) is 7.57. The zero-order valence-corrected chi connectivity index (χ0v) is 16.9. The van der Waals surface area contributed by atoms with Crippen molar-refractivity contribution in [1.29, 1.82) is 0 Å². The molecule has 5 nitrogen and oxygen atoms in total. The summed E-state index contributed by atoms with van der Waals surface area (Å²) in [6.07, 6.45) is 0. The maximum Gasteiger partial charge on any atom is 0.320 e. The summed E-state index contributed by atoms with van der Waals surface area (Å²) >= 11 is 0. The van der Waals surface area contributed by atoms with Gasteiger partial charge in [-0.05, 0) is 37.1 Å². The van der Waals surface area contributed by atoms with Crippen molar-refractivity contribution in [3.63, 3.8) is 0 Å². The average molecular weight is 408 g/mol. The first-order chi connectivity index (χ1) is 14.4. The molecule has 30 heavy (non-hydrogen) atoms. The van der Waals surface area contributed by atoms with Gasteiger partial charge in [0.15, 0.2) is 0 Å². The molecule has 0 saturated heterocycles. The maximum absolute atomic E-state index is 13.8. The number of hydrogen-bond donors (Lipinski definition) is 1. The molecule has 7 heteroatoms. The van der Waals surface area contributed by atoms with E-state index in [1.165, 1.54) is 0 Å². The lowest BCUT2D eigenvalue weighted by molar-refractivity contribution is 0.0688. The molecule has 2 heterocycles. The third kappa shape index (κ3) is 3.51. The summed E-state index contributed by atoms with van der Waals surface area (Å²) in [5, 5.41) is 3.56. The van der Waals surface area contributed by atoms with Crippen LogP contribution in [-0.4, -0.2) is 20.4 Å². The van der Waals surface area contributed by atoms with E-state index in [0.717, 1.165) is 15.8 Å². The van der Waals surface area contributed by atoms with Gasteiger partial charge in [0.25, 0.3) is 5.91 Å². The van der Waals surface area contributed by atoms with Gasteiger partial charge in [0.05, 0.1) is 28.2 Å². The number of benzene rings is 2. The molecule has 4 rings (SSSR count). The van der Waals surface area contributed by atoms with E-state index in [1.54, 1.807) is 37.3 Å². The van der Waals surface area contributed by atoms with Crippen LogP contribution in [0, 0.1) is 0 Å². The largest absolute Gasteiger partial charge is 0.342 e. The van der Waals surface area contributed by atoms with Gasteiger partial charge in [-0.15, -0.1) is 0 Å². The number of carbonyl (C=O) groups is 1. The number of nitrogens with one attached hydrogen (secondary N) is 1. The van der Waals surface area contributed by atoms with E-state index < -0.39 is 12.6 Å². The Morgan fingerprint density at radius 1 is 0.967 bits per heavy atom. The Hall–Kier alpha value is -3.35. The molecule has 1 N–H and O–H groups in total. The summed E-state index contributed by atoms with van der Waals surface area (Å²) in [6, 6.07) is 15.2. The zero-order chi connectivity index (χ0) is 21.4. The van der Waals surface area contributed by atoms with Crippen LogP contribution >= 0.6 is 0 Å². The Bertz CT molecular complexity index is 1230. The number of halogens is 2. The summed E-state index contributed by atoms with van der Waals surface area (Å²) in [5.74, 6) is -0.0977. The molecule has 4 aromatic rings. The quantitative estimate of drug-likeness (QED) is 0.468. The summed E-state index contributed by atoms with van der Waals surface area (Å²) in [6.45, 7) is 2.91. The predicted molar refractivity (Wildman–Crippen MR) is 113 cm³/mol. The summed E-state index contributed by atoms with van der Waals surface area (Å²) in [5.41, 5.74) is 2.79. The number of alkyl halides is 2. The lowest BCUT2D eigenvalue weighted by Crippen LogP contribution is -2.29. The molecule has 1 amide bonds. The molecule has 0 radical (unpaired) electrons. The first-order valence-corrected chi connectivity index (χ1v) is 9.82. The van der Waals surface area contributed by atoms with Gasteiger partial charge in [0.1, 0.15) is 5.82 Å². The fourth-order valence-corrected chi connectivity index (χ4v) is 3.59. The lowest BCUT2D eigenvalue weighted by atomic mass is 10.0. The molecule has 2 aromatic carbocycles. The Labute approximate surface area is 172 Å². The van der Waals surface area contributed by atoms with Crippen molar-refractivity contribution in [2.45, 2.75) is 39.3 Å². The number of fused-ring (bicyclic) bond motifs is 2. The van der Waals surface area contributed by atoms with Gasteiger partial charge < -0.3 is 5.32 Å². The maximum atomic E-state index is 13.8. The lowest BCUT2D eigenvalue weighted by Gasteiger charge is -2.17. The molecule has 0 aliphatic heterocycles. The molecule has 0 saturated carbocycles. The van der Waals surface area contributed by atoms with Crippen LogP contribution < -0.4 is 5.32 Å². The van der Waals surface area contributed by atoms with Gasteiger partial charge >= 0.3 is 6.55 Å². The van der Waals surface area contributed by atoms with Gasteiger partial charge in [0, 0.05) is 11.1 Å². The second kappa shape index (κ2) is 7.82.